The maximum Gasteiger partial charge on any atom is 0.320 e. The van der Waals surface area contributed by atoms with Gasteiger partial charge in [0.15, 0.2) is 0 Å². The van der Waals surface area contributed by atoms with Gasteiger partial charge in [-0.2, -0.15) is 0 Å². The second-order valence-electron chi connectivity index (χ2n) is 4.13. The van der Waals surface area contributed by atoms with E-state index in [1.807, 2.05) is 6.92 Å². The van der Waals surface area contributed by atoms with E-state index in [1.165, 1.54) is 12.8 Å². The van der Waals surface area contributed by atoms with Crippen LogP contribution in [0, 0.1) is 5.92 Å². The highest BCUT2D eigenvalue weighted by Crippen LogP contribution is 2.18. The maximum atomic E-state index is 11.3. The molecule has 0 radical (unpaired) electrons. The lowest BCUT2D eigenvalue weighted by atomic mass is 9.95. The molecule has 0 saturated carbocycles. The van der Waals surface area contributed by atoms with Crippen LogP contribution in [0.25, 0.3) is 0 Å². The first-order valence-electron chi connectivity index (χ1n) is 5.84. The molecule has 0 amide bonds. The van der Waals surface area contributed by atoms with Crippen molar-refractivity contribution in [2.45, 2.75) is 26.2 Å². The predicted octanol–water partition coefficient (Wildman–Crippen LogP) is 0.610. The molecule has 2 N–H and O–H groups in total. The summed E-state index contributed by atoms with van der Waals surface area (Å²) in [6.45, 7) is 5.51. The molecule has 0 aromatic carbocycles. The van der Waals surface area contributed by atoms with Crippen molar-refractivity contribution < 1.29 is 9.53 Å². The molecule has 1 aliphatic rings. The molecule has 1 aliphatic heterocycles. The number of piperidine rings is 1. The van der Waals surface area contributed by atoms with Gasteiger partial charge in [-0.3, -0.25) is 9.69 Å². The van der Waals surface area contributed by atoms with Crippen molar-refractivity contribution in [2.24, 2.45) is 11.7 Å². The molecule has 1 fully saturated rings. The van der Waals surface area contributed by atoms with Crippen LogP contribution in [-0.2, 0) is 9.53 Å². The molecule has 0 aromatic rings. The number of carbonyl (C=O) groups excluding carboxylic acids is 1. The SMILES string of the molecule is CCOC(=O)CN1CCCC(CCN)C1. The van der Waals surface area contributed by atoms with E-state index in [4.69, 9.17) is 10.5 Å². The summed E-state index contributed by atoms with van der Waals surface area (Å²) in [4.78, 5) is 13.5. The quantitative estimate of drug-likeness (QED) is 0.681. The van der Waals surface area contributed by atoms with E-state index in [-0.39, 0.29) is 5.97 Å². The zero-order chi connectivity index (χ0) is 11.1. The van der Waals surface area contributed by atoms with Crippen molar-refractivity contribution in [1.82, 2.24) is 4.90 Å². The second kappa shape index (κ2) is 6.80. The number of likely N-dealkylation sites (tertiary alicyclic amines) is 1. The van der Waals surface area contributed by atoms with Crippen LogP contribution in [0.4, 0.5) is 0 Å². The van der Waals surface area contributed by atoms with Gasteiger partial charge in [0.1, 0.15) is 0 Å². The van der Waals surface area contributed by atoms with Crippen LogP contribution in [0.5, 0.6) is 0 Å². The summed E-state index contributed by atoms with van der Waals surface area (Å²) in [5.41, 5.74) is 5.54. The van der Waals surface area contributed by atoms with Crippen LogP contribution in [0.1, 0.15) is 26.2 Å². The Balaban J connectivity index is 2.26. The normalized spacial score (nSPS) is 22.7. The summed E-state index contributed by atoms with van der Waals surface area (Å²) in [7, 11) is 0. The van der Waals surface area contributed by atoms with E-state index >= 15 is 0 Å². The van der Waals surface area contributed by atoms with Gasteiger partial charge in [0.05, 0.1) is 13.2 Å². The van der Waals surface area contributed by atoms with E-state index in [1.54, 1.807) is 0 Å². The Morgan fingerprint density at radius 2 is 2.40 bits per heavy atom. The number of hydrogen-bond acceptors (Lipinski definition) is 4. The molecule has 15 heavy (non-hydrogen) atoms. The molecule has 0 aromatic heterocycles. The van der Waals surface area contributed by atoms with Gasteiger partial charge in [-0.25, -0.2) is 0 Å². The second-order valence-corrected chi connectivity index (χ2v) is 4.13. The minimum atomic E-state index is -0.106. The van der Waals surface area contributed by atoms with E-state index in [0.29, 0.717) is 19.1 Å². The number of nitrogens with two attached hydrogens (primary N) is 1. The van der Waals surface area contributed by atoms with Gasteiger partial charge >= 0.3 is 5.97 Å². The molecular formula is C11H22N2O2. The maximum absolute atomic E-state index is 11.3. The molecule has 0 aliphatic carbocycles. The topological polar surface area (TPSA) is 55.6 Å². The molecule has 0 bridgehead atoms. The van der Waals surface area contributed by atoms with E-state index in [9.17, 15) is 4.79 Å². The van der Waals surface area contributed by atoms with Gasteiger partial charge in [0, 0.05) is 6.54 Å². The lowest BCUT2D eigenvalue weighted by Crippen LogP contribution is -2.39. The first-order chi connectivity index (χ1) is 7.26. The average Bonchev–Trinajstić information content (AvgIpc) is 2.19. The number of nitrogens with zero attached hydrogens (tertiary/aromatic N) is 1. The highest BCUT2D eigenvalue weighted by atomic mass is 16.5. The van der Waals surface area contributed by atoms with E-state index < -0.39 is 0 Å². The van der Waals surface area contributed by atoms with Gasteiger partial charge in [-0.05, 0) is 45.2 Å². The lowest BCUT2D eigenvalue weighted by Gasteiger charge is -2.31. The van der Waals surface area contributed by atoms with Crippen molar-refractivity contribution in [3.05, 3.63) is 0 Å². The monoisotopic (exact) mass is 214 g/mol. The minimum Gasteiger partial charge on any atom is -0.465 e. The zero-order valence-electron chi connectivity index (χ0n) is 9.58. The van der Waals surface area contributed by atoms with Crippen molar-refractivity contribution in [3.8, 4) is 0 Å². The molecule has 1 heterocycles. The number of esters is 1. The Kier molecular flexibility index (Phi) is 5.65. The largest absolute Gasteiger partial charge is 0.465 e. The van der Waals surface area contributed by atoms with Crippen molar-refractivity contribution >= 4 is 5.97 Å². The lowest BCUT2D eigenvalue weighted by molar-refractivity contribution is -0.144. The minimum absolute atomic E-state index is 0.106. The molecule has 1 unspecified atom stereocenters. The standard InChI is InChI=1S/C11H22N2O2/c1-2-15-11(14)9-13-7-3-4-10(8-13)5-6-12/h10H,2-9,12H2,1H3. The Morgan fingerprint density at radius 3 is 3.07 bits per heavy atom. The summed E-state index contributed by atoms with van der Waals surface area (Å²) in [6.07, 6.45) is 3.49. The zero-order valence-corrected chi connectivity index (χ0v) is 9.58. The Bertz CT molecular complexity index is 195. The molecule has 0 spiro atoms. The summed E-state index contributed by atoms with van der Waals surface area (Å²) >= 11 is 0. The van der Waals surface area contributed by atoms with Crippen LogP contribution in [0.3, 0.4) is 0 Å². The predicted molar refractivity (Wildman–Crippen MR) is 59.5 cm³/mol. The van der Waals surface area contributed by atoms with Gasteiger partial charge in [-0.1, -0.05) is 0 Å². The molecule has 1 saturated heterocycles. The molecule has 1 atom stereocenters. The third-order valence-electron chi connectivity index (χ3n) is 2.84. The van der Waals surface area contributed by atoms with Gasteiger partial charge in [-0.15, -0.1) is 0 Å². The summed E-state index contributed by atoms with van der Waals surface area (Å²) in [5.74, 6) is 0.559. The third kappa shape index (κ3) is 4.62. The van der Waals surface area contributed by atoms with Crippen molar-refractivity contribution in [3.63, 3.8) is 0 Å². The number of ether oxygens (including phenoxy) is 1. The smallest absolute Gasteiger partial charge is 0.320 e. The van der Waals surface area contributed by atoms with Crippen molar-refractivity contribution in [2.75, 3.05) is 32.8 Å². The van der Waals surface area contributed by atoms with Crippen LogP contribution < -0.4 is 5.73 Å². The fourth-order valence-electron chi connectivity index (χ4n) is 2.16. The Hall–Kier alpha value is -0.610. The Morgan fingerprint density at radius 1 is 1.60 bits per heavy atom. The van der Waals surface area contributed by atoms with Crippen LogP contribution >= 0.6 is 0 Å². The number of carbonyl (C=O) groups is 1. The fraction of sp³-hybridized carbons (Fsp3) is 0.909. The first-order valence-corrected chi connectivity index (χ1v) is 5.84. The van der Waals surface area contributed by atoms with Crippen LogP contribution in [0.15, 0.2) is 0 Å². The van der Waals surface area contributed by atoms with Crippen LogP contribution in [-0.4, -0.2) is 43.7 Å². The summed E-state index contributed by atoms with van der Waals surface area (Å²) in [5, 5.41) is 0. The molecule has 1 rings (SSSR count). The highest BCUT2D eigenvalue weighted by molar-refractivity contribution is 5.71. The Labute approximate surface area is 91.8 Å². The number of hydrogen-bond donors (Lipinski definition) is 1. The highest BCUT2D eigenvalue weighted by Gasteiger charge is 2.21. The van der Waals surface area contributed by atoms with E-state index in [2.05, 4.69) is 4.90 Å². The van der Waals surface area contributed by atoms with Crippen LogP contribution in [0.2, 0.25) is 0 Å². The fourth-order valence-corrected chi connectivity index (χ4v) is 2.16. The third-order valence-corrected chi connectivity index (χ3v) is 2.84. The molecular weight excluding hydrogens is 192 g/mol. The van der Waals surface area contributed by atoms with E-state index in [0.717, 1.165) is 26.1 Å². The summed E-state index contributed by atoms with van der Waals surface area (Å²) < 4.78 is 4.93. The number of rotatable bonds is 5. The van der Waals surface area contributed by atoms with Gasteiger partial charge < -0.3 is 10.5 Å². The first kappa shape index (κ1) is 12.5. The van der Waals surface area contributed by atoms with Crippen molar-refractivity contribution in [1.29, 1.82) is 0 Å². The summed E-state index contributed by atoms with van der Waals surface area (Å²) in [6, 6.07) is 0. The van der Waals surface area contributed by atoms with Gasteiger partial charge in [0.2, 0.25) is 0 Å². The average molecular weight is 214 g/mol. The molecule has 4 nitrogen and oxygen atoms in total. The molecule has 4 heteroatoms. The molecule has 88 valence electrons. The van der Waals surface area contributed by atoms with Gasteiger partial charge in [0.25, 0.3) is 0 Å².